The Bertz CT molecular complexity index is 1180. The van der Waals surface area contributed by atoms with Crippen molar-refractivity contribution in [3.8, 4) is 23.0 Å². The lowest BCUT2D eigenvalue weighted by Gasteiger charge is -2.26. The Morgan fingerprint density at radius 3 is 2.26 bits per heavy atom. The Kier molecular flexibility index (Phi) is 7.83. The van der Waals surface area contributed by atoms with Crippen LogP contribution in [0.4, 0.5) is 5.69 Å². The van der Waals surface area contributed by atoms with E-state index in [4.69, 9.17) is 18.9 Å². The van der Waals surface area contributed by atoms with Gasteiger partial charge in [-0.05, 0) is 41.3 Å². The van der Waals surface area contributed by atoms with E-state index in [2.05, 4.69) is 46.6 Å². The molecule has 35 heavy (non-hydrogen) atoms. The van der Waals surface area contributed by atoms with E-state index in [9.17, 15) is 0 Å². The van der Waals surface area contributed by atoms with Gasteiger partial charge in [0.05, 0.1) is 27.4 Å². The van der Waals surface area contributed by atoms with E-state index in [1.54, 1.807) is 21.3 Å². The highest BCUT2D eigenvalue weighted by molar-refractivity contribution is 5.72. The summed E-state index contributed by atoms with van der Waals surface area (Å²) in [6.07, 6.45) is 5.26. The van der Waals surface area contributed by atoms with Crippen molar-refractivity contribution in [1.82, 2.24) is 5.32 Å². The second kappa shape index (κ2) is 11.2. The Hall–Kier alpha value is -3.64. The first-order valence-electron chi connectivity index (χ1n) is 11.8. The van der Waals surface area contributed by atoms with Crippen LogP contribution in [-0.4, -0.2) is 42.0 Å². The summed E-state index contributed by atoms with van der Waals surface area (Å²) in [5, 5.41) is 3.62. The van der Waals surface area contributed by atoms with Gasteiger partial charge < -0.3 is 29.2 Å². The van der Waals surface area contributed by atoms with Crippen molar-refractivity contribution < 1.29 is 18.9 Å². The van der Waals surface area contributed by atoms with E-state index in [0.717, 1.165) is 41.3 Å². The van der Waals surface area contributed by atoms with Crippen molar-refractivity contribution in [2.75, 3.05) is 46.9 Å². The van der Waals surface area contributed by atoms with Crippen LogP contribution in [0.2, 0.25) is 0 Å². The molecule has 1 atom stereocenters. The maximum absolute atomic E-state index is 6.14. The first-order valence-corrected chi connectivity index (χ1v) is 11.8. The highest BCUT2D eigenvalue weighted by atomic mass is 16.5. The summed E-state index contributed by atoms with van der Waals surface area (Å²) in [5.74, 6) is 2.93. The molecule has 0 saturated heterocycles. The summed E-state index contributed by atoms with van der Waals surface area (Å²) in [7, 11) is 9.04. The number of benzene rings is 3. The van der Waals surface area contributed by atoms with Crippen LogP contribution in [0.3, 0.4) is 0 Å². The first-order chi connectivity index (χ1) is 17.0. The lowest BCUT2D eigenvalue weighted by molar-refractivity contribution is 0.283. The van der Waals surface area contributed by atoms with Crippen molar-refractivity contribution >= 4 is 11.8 Å². The number of ether oxygens (including phenoxy) is 4. The fourth-order valence-corrected chi connectivity index (χ4v) is 4.38. The largest absolute Gasteiger partial charge is 0.493 e. The molecule has 0 aromatic heterocycles. The summed E-state index contributed by atoms with van der Waals surface area (Å²) < 4.78 is 22.9. The third-order valence-electron chi connectivity index (χ3n) is 6.24. The number of fused-ring (bicyclic) bond motifs is 1. The number of methoxy groups -OCH3 is 3. The van der Waals surface area contributed by atoms with Crippen LogP contribution in [0, 0.1) is 0 Å². The minimum Gasteiger partial charge on any atom is -0.493 e. The Morgan fingerprint density at radius 2 is 1.57 bits per heavy atom. The fourth-order valence-electron chi connectivity index (χ4n) is 4.38. The standard InChI is InChI=1S/C29H34N2O4/c1-31(2)25-18-28(34-5)26(32-3)16-22(25)11-12-24-23-17-27(33-4)29(15-21(23)13-14-30-24)35-19-20-9-7-6-8-10-20/h6-12,15-18,24,30H,13-14,19H2,1-5H3. The normalized spacial score (nSPS) is 14.9. The van der Waals surface area contributed by atoms with Crippen LogP contribution in [-0.2, 0) is 13.0 Å². The van der Waals surface area contributed by atoms with Gasteiger partial charge in [0.15, 0.2) is 23.0 Å². The Labute approximate surface area is 208 Å². The molecule has 6 heteroatoms. The van der Waals surface area contributed by atoms with Gasteiger partial charge in [0.2, 0.25) is 0 Å². The molecule has 0 radical (unpaired) electrons. The average molecular weight is 475 g/mol. The molecule has 1 heterocycles. The minimum atomic E-state index is 0.0546. The van der Waals surface area contributed by atoms with Gasteiger partial charge in [0, 0.05) is 38.0 Å². The van der Waals surface area contributed by atoms with Crippen molar-refractivity contribution in [1.29, 1.82) is 0 Å². The molecule has 1 unspecified atom stereocenters. The van der Waals surface area contributed by atoms with Crippen molar-refractivity contribution in [2.24, 2.45) is 0 Å². The summed E-state index contributed by atoms with van der Waals surface area (Å²) in [4.78, 5) is 2.07. The molecule has 0 saturated carbocycles. The predicted molar refractivity (Wildman–Crippen MR) is 141 cm³/mol. The van der Waals surface area contributed by atoms with Gasteiger partial charge in [-0.2, -0.15) is 0 Å². The SMILES string of the molecule is COc1cc(C=CC2NCCc3cc(OCc4ccccc4)c(OC)cc32)c(N(C)C)cc1OC. The highest BCUT2D eigenvalue weighted by Crippen LogP contribution is 2.38. The fraction of sp³-hybridized carbons (Fsp3) is 0.310. The van der Waals surface area contributed by atoms with E-state index >= 15 is 0 Å². The Balaban J connectivity index is 1.62. The second-order valence-corrected chi connectivity index (χ2v) is 8.68. The number of hydrogen-bond acceptors (Lipinski definition) is 6. The van der Waals surface area contributed by atoms with Gasteiger partial charge in [-0.25, -0.2) is 0 Å². The monoisotopic (exact) mass is 474 g/mol. The van der Waals surface area contributed by atoms with Crippen molar-refractivity contribution in [3.05, 3.63) is 82.9 Å². The molecule has 1 aliphatic rings. The molecule has 3 aromatic carbocycles. The third kappa shape index (κ3) is 5.54. The zero-order valence-corrected chi connectivity index (χ0v) is 21.1. The number of nitrogens with one attached hydrogen (secondary N) is 1. The van der Waals surface area contributed by atoms with Gasteiger partial charge in [0.1, 0.15) is 6.61 Å². The quantitative estimate of drug-likeness (QED) is 0.457. The second-order valence-electron chi connectivity index (χ2n) is 8.68. The molecule has 3 aromatic rings. The van der Waals surface area contributed by atoms with Crippen LogP contribution < -0.4 is 29.2 Å². The molecule has 1 aliphatic heterocycles. The van der Waals surface area contributed by atoms with Gasteiger partial charge in [-0.15, -0.1) is 0 Å². The smallest absolute Gasteiger partial charge is 0.162 e. The molecule has 0 aliphatic carbocycles. The predicted octanol–water partition coefficient (Wildman–Crippen LogP) is 5.26. The van der Waals surface area contributed by atoms with E-state index < -0.39 is 0 Å². The zero-order chi connectivity index (χ0) is 24.8. The van der Waals surface area contributed by atoms with E-state index in [1.165, 1.54) is 11.1 Å². The molecule has 0 amide bonds. The van der Waals surface area contributed by atoms with E-state index in [0.29, 0.717) is 18.1 Å². The first kappa shape index (κ1) is 24.5. The summed E-state index contributed by atoms with van der Waals surface area (Å²) in [6.45, 7) is 1.39. The number of rotatable bonds is 9. The van der Waals surface area contributed by atoms with Crippen molar-refractivity contribution in [3.63, 3.8) is 0 Å². The van der Waals surface area contributed by atoms with Gasteiger partial charge in [0.25, 0.3) is 0 Å². The van der Waals surface area contributed by atoms with Crippen LogP contribution in [0.15, 0.2) is 60.7 Å². The maximum Gasteiger partial charge on any atom is 0.162 e. The van der Waals surface area contributed by atoms with Crippen molar-refractivity contribution in [2.45, 2.75) is 19.1 Å². The zero-order valence-electron chi connectivity index (χ0n) is 21.1. The number of hydrogen-bond donors (Lipinski definition) is 1. The van der Waals surface area contributed by atoms with Gasteiger partial charge in [-0.3, -0.25) is 0 Å². The molecule has 0 spiro atoms. The number of anilines is 1. The minimum absolute atomic E-state index is 0.0546. The van der Waals surface area contributed by atoms with E-state index in [-0.39, 0.29) is 6.04 Å². The lowest BCUT2D eigenvalue weighted by atomic mass is 9.92. The summed E-state index contributed by atoms with van der Waals surface area (Å²) in [6, 6.07) is 18.5. The van der Waals surface area contributed by atoms with Gasteiger partial charge in [-0.1, -0.05) is 42.5 Å². The van der Waals surface area contributed by atoms with Crippen LogP contribution in [0.1, 0.15) is 28.3 Å². The molecule has 1 N–H and O–H groups in total. The van der Waals surface area contributed by atoms with Crippen LogP contribution in [0.5, 0.6) is 23.0 Å². The topological polar surface area (TPSA) is 52.2 Å². The molecule has 184 valence electrons. The maximum atomic E-state index is 6.14. The lowest BCUT2D eigenvalue weighted by Crippen LogP contribution is -2.28. The van der Waals surface area contributed by atoms with Gasteiger partial charge >= 0.3 is 0 Å². The molecule has 6 nitrogen and oxygen atoms in total. The molecular formula is C29H34N2O4. The Morgan fingerprint density at radius 1 is 0.886 bits per heavy atom. The highest BCUT2D eigenvalue weighted by Gasteiger charge is 2.21. The molecular weight excluding hydrogens is 440 g/mol. The van der Waals surface area contributed by atoms with E-state index in [1.807, 2.05) is 44.4 Å². The molecule has 4 rings (SSSR count). The van der Waals surface area contributed by atoms with Crippen LogP contribution >= 0.6 is 0 Å². The summed E-state index contributed by atoms with van der Waals surface area (Å²) >= 11 is 0. The van der Waals surface area contributed by atoms with Crippen LogP contribution in [0.25, 0.3) is 6.08 Å². The molecule has 0 bridgehead atoms. The number of nitrogens with zero attached hydrogens (tertiary/aromatic N) is 1. The average Bonchev–Trinajstić information content (AvgIpc) is 2.89. The molecule has 0 fully saturated rings. The summed E-state index contributed by atoms with van der Waals surface area (Å²) in [5.41, 5.74) is 5.69. The third-order valence-corrected chi connectivity index (χ3v) is 6.24.